The molecule has 0 aliphatic carbocycles. The summed E-state index contributed by atoms with van der Waals surface area (Å²) in [6, 6.07) is 7.71. The number of nitrogens with zero attached hydrogens (tertiary/aromatic N) is 1. The molecule has 0 spiro atoms. The molecular formula is C15H20N4O2. The predicted molar refractivity (Wildman–Crippen MR) is 80.2 cm³/mol. The summed E-state index contributed by atoms with van der Waals surface area (Å²) in [6.45, 7) is 3.83. The van der Waals surface area contributed by atoms with Crippen molar-refractivity contribution >= 4 is 17.5 Å². The molecule has 4 N–H and O–H groups in total. The summed E-state index contributed by atoms with van der Waals surface area (Å²) in [6.07, 6.45) is 0.491. The topological polar surface area (TPSA) is 108 Å². The van der Waals surface area contributed by atoms with Gasteiger partial charge in [-0.05, 0) is 30.5 Å². The van der Waals surface area contributed by atoms with Crippen LogP contribution in [-0.4, -0.2) is 24.4 Å². The van der Waals surface area contributed by atoms with Gasteiger partial charge in [-0.3, -0.25) is 9.59 Å². The molecule has 0 heterocycles. The average Bonchev–Trinajstić information content (AvgIpc) is 2.43. The lowest BCUT2D eigenvalue weighted by molar-refractivity contribution is -0.123. The van der Waals surface area contributed by atoms with Crippen LogP contribution in [-0.2, 0) is 4.79 Å². The van der Waals surface area contributed by atoms with Gasteiger partial charge in [-0.25, -0.2) is 0 Å². The van der Waals surface area contributed by atoms with Gasteiger partial charge in [0, 0.05) is 11.3 Å². The van der Waals surface area contributed by atoms with Crippen LogP contribution in [0.3, 0.4) is 0 Å². The molecule has 0 aromatic heterocycles. The Morgan fingerprint density at radius 2 is 2.10 bits per heavy atom. The maximum Gasteiger partial charge on any atom is 0.252 e. The van der Waals surface area contributed by atoms with Crippen LogP contribution in [0.4, 0.5) is 5.69 Å². The van der Waals surface area contributed by atoms with Crippen LogP contribution in [0.2, 0.25) is 0 Å². The molecule has 6 nitrogen and oxygen atoms in total. The Morgan fingerprint density at radius 1 is 1.38 bits per heavy atom. The standard InChI is InChI=1S/C15H20N4O2/c1-10(2)8-13(15(21)18-7-6-16)19-14(20)11-4-3-5-12(17)9-11/h3-5,9-10,13H,7-8,17H2,1-2H3,(H,18,21)(H,19,20)/t13-/m0/s1. The summed E-state index contributed by atoms with van der Waals surface area (Å²) in [5, 5.41) is 13.7. The molecule has 0 radical (unpaired) electrons. The minimum atomic E-state index is -0.674. The lowest BCUT2D eigenvalue weighted by Crippen LogP contribution is -2.47. The first-order valence-electron chi connectivity index (χ1n) is 6.75. The van der Waals surface area contributed by atoms with E-state index in [4.69, 9.17) is 11.0 Å². The van der Waals surface area contributed by atoms with Crippen molar-refractivity contribution in [1.82, 2.24) is 10.6 Å². The highest BCUT2D eigenvalue weighted by Crippen LogP contribution is 2.09. The summed E-state index contributed by atoms with van der Waals surface area (Å²) in [5.74, 6) is -0.494. The third-order valence-electron chi connectivity index (χ3n) is 2.82. The zero-order valence-corrected chi connectivity index (χ0v) is 12.2. The van der Waals surface area contributed by atoms with E-state index in [0.717, 1.165) is 0 Å². The number of nitrogen functional groups attached to an aromatic ring is 1. The van der Waals surface area contributed by atoms with Gasteiger partial charge in [-0.15, -0.1) is 0 Å². The second-order valence-electron chi connectivity index (χ2n) is 5.16. The summed E-state index contributed by atoms with van der Waals surface area (Å²) < 4.78 is 0. The molecule has 6 heteroatoms. The van der Waals surface area contributed by atoms with Crippen molar-refractivity contribution in [2.45, 2.75) is 26.3 Å². The van der Waals surface area contributed by atoms with Gasteiger partial charge >= 0.3 is 0 Å². The Morgan fingerprint density at radius 3 is 2.67 bits per heavy atom. The number of nitriles is 1. The number of carbonyl (C=O) groups is 2. The van der Waals surface area contributed by atoms with Gasteiger partial charge in [-0.1, -0.05) is 19.9 Å². The lowest BCUT2D eigenvalue weighted by atomic mass is 10.0. The Labute approximate surface area is 124 Å². The van der Waals surface area contributed by atoms with Crippen LogP contribution >= 0.6 is 0 Å². The van der Waals surface area contributed by atoms with Crippen molar-refractivity contribution < 1.29 is 9.59 Å². The fraction of sp³-hybridized carbons (Fsp3) is 0.400. The van der Waals surface area contributed by atoms with E-state index in [9.17, 15) is 9.59 Å². The van der Waals surface area contributed by atoms with Crippen molar-refractivity contribution in [3.05, 3.63) is 29.8 Å². The van der Waals surface area contributed by atoms with E-state index < -0.39 is 6.04 Å². The van der Waals surface area contributed by atoms with Gasteiger partial charge in [0.25, 0.3) is 5.91 Å². The SMILES string of the molecule is CC(C)C[C@H](NC(=O)c1cccc(N)c1)C(=O)NCC#N. The number of carbonyl (C=O) groups excluding carboxylic acids is 2. The highest BCUT2D eigenvalue weighted by molar-refractivity contribution is 5.98. The number of hydrogen-bond donors (Lipinski definition) is 3. The van der Waals surface area contributed by atoms with Gasteiger partial charge < -0.3 is 16.4 Å². The fourth-order valence-corrected chi connectivity index (χ4v) is 1.87. The number of anilines is 1. The van der Waals surface area contributed by atoms with Crippen LogP contribution in [0, 0.1) is 17.2 Å². The molecule has 1 aromatic rings. The van der Waals surface area contributed by atoms with Gasteiger partial charge in [0.1, 0.15) is 12.6 Å². The number of nitrogens with one attached hydrogen (secondary N) is 2. The largest absolute Gasteiger partial charge is 0.399 e. The van der Waals surface area contributed by atoms with Crippen molar-refractivity contribution in [1.29, 1.82) is 5.26 Å². The molecule has 0 aliphatic rings. The first-order valence-corrected chi connectivity index (χ1v) is 6.75. The Hall–Kier alpha value is -2.55. The number of hydrogen-bond acceptors (Lipinski definition) is 4. The molecule has 0 fully saturated rings. The van der Waals surface area contributed by atoms with E-state index in [0.29, 0.717) is 17.7 Å². The van der Waals surface area contributed by atoms with Crippen molar-refractivity contribution in [2.24, 2.45) is 5.92 Å². The van der Waals surface area contributed by atoms with Gasteiger partial charge in [0.05, 0.1) is 6.07 Å². The van der Waals surface area contributed by atoms with E-state index in [1.807, 2.05) is 19.9 Å². The summed E-state index contributed by atoms with van der Waals surface area (Å²) >= 11 is 0. The molecule has 1 rings (SSSR count). The van der Waals surface area contributed by atoms with Crippen LogP contribution < -0.4 is 16.4 Å². The monoisotopic (exact) mass is 288 g/mol. The van der Waals surface area contributed by atoms with E-state index in [1.165, 1.54) is 0 Å². The summed E-state index contributed by atoms with van der Waals surface area (Å²) in [5.41, 5.74) is 6.52. The quantitative estimate of drug-likeness (QED) is 0.537. The Balaban J connectivity index is 2.78. The van der Waals surface area contributed by atoms with E-state index in [-0.39, 0.29) is 24.3 Å². The predicted octanol–water partition coefficient (Wildman–Crippen LogP) is 1.05. The summed E-state index contributed by atoms with van der Waals surface area (Å²) in [7, 11) is 0. The minimum absolute atomic E-state index is 0.0818. The molecule has 0 bridgehead atoms. The second kappa shape index (κ2) is 7.90. The lowest BCUT2D eigenvalue weighted by Gasteiger charge is -2.19. The number of amides is 2. The molecule has 112 valence electrons. The zero-order valence-electron chi connectivity index (χ0n) is 12.2. The molecule has 2 amide bonds. The second-order valence-corrected chi connectivity index (χ2v) is 5.16. The molecule has 0 unspecified atom stereocenters. The number of rotatable bonds is 6. The first kappa shape index (κ1) is 16.5. The van der Waals surface area contributed by atoms with Gasteiger partial charge in [0.2, 0.25) is 5.91 Å². The van der Waals surface area contributed by atoms with E-state index in [2.05, 4.69) is 10.6 Å². The highest BCUT2D eigenvalue weighted by atomic mass is 16.2. The van der Waals surface area contributed by atoms with Crippen LogP contribution in [0.1, 0.15) is 30.6 Å². The van der Waals surface area contributed by atoms with E-state index in [1.54, 1.807) is 24.3 Å². The normalized spacial score (nSPS) is 11.5. The average molecular weight is 288 g/mol. The Kier molecular flexibility index (Phi) is 6.21. The van der Waals surface area contributed by atoms with E-state index >= 15 is 0 Å². The highest BCUT2D eigenvalue weighted by Gasteiger charge is 2.22. The smallest absolute Gasteiger partial charge is 0.252 e. The van der Waals surface area contributed by atoms with Gasteiger partial charge in [-0.2, -0.15) is 5.26 Å². The molecule has 1 aromatic carbocycles. The molecule has 0 saturated heterocycles. The first-order chi connectivity index (χ1) is 9.93. The Bertz CT molecular complexity index is 549. The number of benzene rings is 1. The minimum Gasteiger partial charge on any atom is -0.399 e. The molecular weight excluding hydrogens is 268 g/mol. The van der Waals surface area contributed by atoms with Gasteiger partial charge in [0.15, 0.2) is 0 Å². The van der Waals surface area contributed by atoms with Crippen LogP contribution in [0.15, 0.2) is 24.3 Å². The summed E-state index contributed by atoms with van der Waals surface area (Å²) in [4.78, 5) is 24.1. The van der Waals surface area contributed by atoms with Crippen LogP contribution in [0.5, 0.6) is 0 Å². The number of nitrogens with two attached hydrogens (primary N) is 1. The maximum absolute atomic E-state index is 12.2. The molecule has 21 heavy (non-hydrogen) atoms. The van der Waals surface area contributed by atoms with Crippen molar-refractivity contribution in [3.8, 4) is 6.07 Å². The molecule has 1 atom stereocenters. The molecule has 0 aliphatic heterocycles. The van der Waals surface area contributed by atoms with Crippen molar-refractivity contribution in [2.75, 3.05) is 12.3 Å². The third-order valence-corrected chi connectivity index (χ3v) is 2.82. The van der Waals surface area contributed by atoms with Crippen LogP contribution in [0.25, 0.3) is 0 Å². The third kappa shape index (κ3) is 5.53. The maximum atomic E-state index is 12.2. The molecule has 0 saturated carbocycles. The fourth-order valence-electron chi connectivity index (χ4n) is 1.87. The van der Waals surface area contributed by atoms with Crippen molar-refractivity contribution in [3.63, 3.8) is 0 Å². The zero-order chi connectivity index (χ0) is 15.8.